The van der Waals surface area contributed by atoms with Gasteiger partial charge in [-0.15, -0.1) is 0 Å². The molecule has 1 aliphatic rings. The quantitative estimate of drug-likeness (QED) is 0.542. The van der Waals surface area contributed by atoms with Crippen LogP contribution in [0.2, 0.25) is 0 Å². The van der Waals surface area contributed by atoms with Crippen molar-refractivity contribution in [2.45, 2.75) is 30.2 Å². The summed E-state index contributed by atoms with van der Waals surface area (Å²) < 4.78 is 99.0. The third-order valence-corrected chi connectivity index (χ3v) is 4.80. The van der Waals surface area contributed by atoms with E-state index in [0.717, 1.165) is 0 Å². The molecule has 12 heteroatoms. The largest absolute Gasteiger partial charge is 0.471 e. The maximum Gasteiger partial charge on any atom is 0.471 e. The monoisotopic (exact) mass is 395 g/mol. The van der Waals surface area contributed by atoms with Gasteiger partial charge in [-0.25, -0.2) is 8.42 Å². The summed E-state index contributed by atoms with van der Waals surface area (Å²) in [7, 11) is 0.587. The van der Waals surface area contributed by atoms with Gasteiger partial charge in [0.05, 0.1) is 10.5 Å². The zero-order valence-corrected chi connectivity index (χ0v) is 13.1. The molecule has 2 rings (SSSR count). The number of rotatable bonds is 1. The number of fused-ring (bicyclic) bond motifs is 1. The van der Waals surface area contributed by atoms with E-state index in [0.29, 0.717) is 17.0 Å². The van der Waals surface area contributed by atoms with Crippen LogP contribution >= 0.6 is 10.7 Å². The molecule has 1 aliphatic heterocycles. The first-order chi connectivity index (χ1) is 10.7. The smallest absolute Gasteiger partial charge is 0.330 e. The van der Waals surface area contributed by atoms with Crippen LogP contribution < -0.4 is 0 Å². The summed E-state index contributed by atoms with van der Waals surface area (Å²) in [6.45, 7) is -1.28. The molecule has 0 N–H and O–H groups in total. The second-order valence-corrected chi connectivity index (χ2v) is 7.56. The lowest BCUT2D eigenvalue weighted by atomic mass is 9.97. The highest BCUT2D eigenvalue weighted by molar-refractivity contribution is 8.13. The Balaban J connectivity index is 2.56. The molecule has 0 saturated carbocycles. The Kier molecular flexibility index (Phi) is 4.55. The molecule has 1 heterocycles. The molecule has 134 valence electrons. The van der Waals surface area contributed by atoms with Crippen molar-refractivity contribution in [3.8, 4) is 0 Å². The predicted octanol–water partition coefficient (Wildman–Crippen LogP) is 3.08. The molecule has 0 spiro atoms. The zero-order valence-electron chi connectivity index (χ0n) is 11.5. The van der Waals surface area contributed by atoms with Crippen molar-refractivity contribution in [2.24, 2.45) is 0 Å². The Morgan fingerprint density at radius 3 is 2.17 bits per heavy atom. The molecule has 0 bridgehead atoms. The Hall–Kier alpha value is -1.49. The molecule has 0 fully saturated rings. The van der Waals surface area contributed by atoms with Crippen LogP contribution in [0.5, 0.6) is 0 Å². The van der Waals surface area contributed by atoms with Crippen molar-refractivity contribution >= 4 is 25.6 Å². The van der Waals surface area contributed by atoms with Crippen LogP contribution in [-0.2, 0) is 33.0 Å². The van der Waals surface area contributed by atoms with Gasteiger partial charge < -0.3 is 4.90 Å². The highest BCUT2D eigenvalue weighted by atomic mass is 35.7. The van der Waals surface area contributed by atoms with Crippen molar-refractivity contribution < 1.29 is 39.6 Å². The van der Waals surface area contributed by atoms with E-state index in [1.807, 2.05) is 0 Å². The maximum absolute atomic E-state index is 12.9. The summed E-state index contributed by atoms with van der Waals surface area (Å²) in [5.41, 5.74) is -1.83. The lowest BCUT2D eigenvalue weighted by Gasteiger charge is -2.30. The van der Waals surface area contributed by atoms with Gasteiger partial charge in [-0.2, -0.15) is 26.3 Å². The van der Waals surface area contributed by atoms with Crippen LogP contribution in [0.15, 0.2) is 17.0 Å². The number of carbonyl (C=O) groups excluding carboxylic acids is 1. The molecule has 0 radical (unpaired) electrons. The van der Waals surface area contributed by atoms with Gasteiger partial charge in [0.25, 0.3) is 9.05 Å². The number of hydrogen-bond donors (Lipinski definition) is 0. The van der Waals surface area contributed by atoms with Gasteiger partial charge in [-0.05, 0) is 29.7 Å². The standard InChI is InChI=1S/C12H8ClF6NO3S/c13-24(22,23)9-4-7(11(14,15)16)3-6-5-20(2-1-8(6)9)10(21)12(17,18)19/h3-4H,1-2,5H2. The third kappa shape index (κ3) is 3.77. The van der Waals surface area contributed by atoms with E-state index in [1.165, 1.54) is 0 Å². The highest BCUT2D eigenvalue weighted by Crippen LogP contribution is 2.37. The number of carbonyl (C=O) groups is 1. The first-order valence-electron chi connectivity index (χ1n) is 6.25. The van der Waals surface area contributed by atoms with Crippen LogP contribution in [0.4, 0.5) is 26.3 Å². The SMILES string of the molecule is O=C(N1CCc2c(cc(C(F)(F)F)cc2S(=O)(=O)Cl)C1)C(F)(F)F. The molecule has 1 amide bonds. The summed E-state index contributed by atoms with van der Waals surface area (Å²) in [4.78, 5) is 10.7. The maximum atomic E-state index is 12.9. The van der Waals surface area contributed by atoms with Crippen LogP contribution in [0, 0.1) is 0 Å². The molecule has 0 aliphatic carbocycles. The van der Waals surface area contributed by atoms with Gasteiger partial charge in [0.15, 0.2) is 0 Å². The van der Waals surface area contributed by atoms with Gasteiger partial charge in [0, 0.05) is 23.8 Å². The van der Waals surface area contributed by atoms with Crippen molar-refractivity contribution in [1.82, 2.24) is 4.90 Å². The summed E-state index contributed by atoms with van der Waals surface area (Å²) in [6, 6.07) is 0.860. The van der Waals surface area contributed by atoms with Gasteiger partial charge in [0.1, 0.15) is 0 Å². The Labute approximate surface area is 136 Å². The molecule has 1 aromatic carbocycles. The van der Waals surface area contributed by atoms with E-state index in [9.17, 15) is 39.6 Å². The molecule has 4 nitrogen and oxygen atoms in total. The fourth-order valence-corrected chi connectivity index (χ4v) is 3.60. The first kappa shape index (κ1) is 18.8. The normalized spacial score (nSPS) is 16.0. The van der Waals surface area contributed by atoms with E-state index in [4.69, 9.17) is 10.7 Å². The Bertz CT molecular complexity index is 787. The van der Waals surface area contributed by atoms with E-state index in [1.54, 1.807) is 0 Å². The number of benzene rings is 1. The summed E-state index contributed by atoms with van der Waals surface area (Å²) in [5.74, 6) is -2.21. The first-order valence-corrected chi connectivity index (χ1v) is 8.56. The second kappa shape index (κ2) is 5.80. The lowest BCUT2D eigenvalue weighted by molar-refractivity contribution is -0.186. The minimum Gasteiger partial charge on any atom is -0.330 e. The van der Waals surface area contributed by atoms with Crippen LogP contribution in [0.3, 0.4) is 0 Å². The van der Waals surface area contributed by atoms with Gasteiger partial charge in [0.2, 0.25) is 0 Å². The van der Waals surface area contributed by atoms with Gasteiger partial charge in [-0.1, -0.05) is 0 Å². The molecule has 0 aromatic heterocycles. The average Bonchev–Trinajstić information content (AvgIpc) is 2.41. The van der Waals surface area contributed by atoms with E-state index in [-0.39, 0.29) is 17.5 Å². The fraction of sp³-hybridized carbons (Fsp3) is 0.417. The van der Waals surface area contributed by atoms with E-state index >= 15 is 0 Å². The van der Waals surface area contributed by atoms with E-state index in [2.05, 4.69) is 0 Å². The minimum atomic E-state index is -5.18. The molecule has 24 heavy (non-hydrogen) atoms. The van der Waals surface area contributed by atoms with E-state index < -0.39 is 50.9 Å². The third-order valence-electron chi connectivity index (χ3n) is 3.41. The highest BCUT2D eigenvalue weighted by Gasteiger charge is 2.44. The average molecular weight is 396 g/mol. The second-order valence-electron chi connectivity index (χ2n) is 5.02. The lowest BCUT2D eigenvalue weighted by Crippen LogP contribution is -2.44. The van der Waals surface area contributed by atoms with Crippen molar-refractivity contribution in [1.29, 1.82) is 0 Å². The number of nitrogens with zero attached hydrogens (tertiary/aromatic N) is 1. The Morgan fingerprint density at radius 2 is 1.71 bits per heavy atom. The van der Waals surface area contributed by atoms with Crippen LogP contribution in [0.25, 0.3) is 0 Å². The van der Waals surface area contributed by atoms with Crippen LogP contribution in [0.1, 0.15) is 16.7 Å². The summed E-state index contributed by atoms with van der Waals surface area (Å²) >= 11 is 0. The Morgan fingerprint density at radius 1 is 1.12 bits per heavy atom. The number of alkyl halides is 6. The number of hydrogen-bond acceptors (Lipinski definition) is 3. The zero-order chi connectivity index (χ0) is 18.5. The predicted molar refractivity (Wildman–Crippen MR) is 69.7 cm³/mol. The topological polar surface area (TPSA) is 54.5 Å². The molecular formula is C12H8ClF6NO3S. The van der Waals surface area contributed by atoms with Crippen LogP contribution in [-0.4, -0.2) is 31.9 Å². The summed E-state index contributed by atoms with van der Waals surface area (Å²) in [5, 5.41) is 0. The molecule has 0 unspecified atom stereocenters. The molecule has 0 atom stereocenters. The van der Waals surface area contributed by atoms with Crippen molar-refractivity contribution in [2.75, 3.05) is 6.54 Å². The van der Waals surface area contributed by atoms with Crippen molar-refractivity contribution in [3.05, 3.63) is 28.8 Å². The summed E-state index contributed by atoms with van der Waals surface area (Å²) in [6.07, 6.45) is -10.5. The molecule has 0 saturated heterocycles. The molecule has 1 aromatic rings. The fourth-order valence-electron chi connectivity index (χ4n) is 2.39. The number of amides is 1. The number of halogens is 7. The van der Waals surface area contributed by atoms with Gasteiger partial charge in [-0.3, -0.25) is 4.79 Å². The molecular weight excluding hydrogens is 388 g/mol. The van der Waals surface area contributed by atoms with Gasteiger partial charge >= 0.3 is 18.3 Å². The minimum absolute atomic E-state index is 0.121. The van der Waals surface area contributed by atoms with Crippen molar-refractivity contribution in [3.63, 3.8) is 0 Å².